The van der Waals surface area contributed by atoms with Gasteiger partial charge in [-0.2, -0.15) is 0 Å². The first-order valence-corrected chi connectivity index (χ1v) is 4.43. The molecule has 12 heavy (non-hydrogen) atoms. The third kappa shape index (κ3) is 2.19. The van der Waals surface area contributed by atoms with Crippen LogP contribution < -0.4 is 11.2 Å². The van der Waals surface area contributed by atoms with E-state index < -0.39 is 0 Å². The van der Waals surface area contributed by atoms with Crippen LogP contribution in [-0.4, -0.2) is 18.6 Å². The summed E-state index contributed by atoms with van der Waals surface area (Å²) in [5.74, 6) is -0.113. The summed E-state index contributed by atoms with van der Waals surface area (Å²) < 4.78 is 0. The minimum absolute atomic E-state index is 0.0189. The molecule has 3 N–H and O–H groups in total. The molecule has 1 rings (SSSR count). The van der Waals surface area contributed by atoms with Crippen molar-refractivity contribution in [3.63, 3.8) is 0 Å². The quantitative estimate of drug-likeness (QED) is 0.597. The van der Waals surface area contributed by atoms with Crippen molar-refractivity contribution in [2.45, 2.75) is 32.2 Å². The lowest BCUT2D eigenvalue weighted by Crippen LogP contribution is -2.38. The average molecular weight is 172 g/mol. The molecule has 1 amide bonds. The highest BCUT2D eigenvalue weighted by atomic mass is 16.6. The number of hydrogen-bond acceptors (Lipinski definition) is 3. The van der Waals surface area contributed by atoms with E-state index in [-0.39, 0.29) is 17.9 Å². The molecule has 2 atom stereocenters. The Morgan fingerprint density at radius 2 is 2.42 bits per heavy atom. The van der Waals surface area contributed by atoms with E-state index in [0.717, 1.165) is 19.3 Å². The summed E-state index contributed by atoms with van der Waals surface area (Å²) in [4.78, 5) is 16.1. The Hall–Kier alpha value is -0.610. The van der Waals surface area contributed by atoms with E-state index in [1.54, 1.807) is 0 Å². The van der Waals surface area contributed by atoms with Crippen molar-refractivity contribution in [3.05, 3.63) is 0 Å². The molecule has 0 radical (unpaired) electrons. The molecule has 0 saturated heterocycles. The molecule has 4 nitrogen and oxygen atoms in total. The van der Waals surface area contributed by atoms with E-state index in [9.17, 15) is 4.79 Å². The second kappa shape index (κ2) is 4.42. The Morgan fingerprint density at radius 1 is 1.67 bits per heavy atom. The number of carbonyl (C=O) groups is 1. The molecule has 0 aromatic rings. The second-order valence-corrected chi connectivity index (χ2v) is 3.10. The van der Waals surface area contributed by atoms with Gasteiger partial charge in [0.1, 0.15) is 0 Å². The molecule has 0 spiro atoms. The number of carbonyl (C=O) groups excluding carboxylic acids is 1. The van der Waals surface area contributed by atoms with Gasteiger partial charge in [-0.15, -0.1) is 0 Å². The molecule has 0 aromatic carbocycles. The summed E-state index contributed by atoms with van der Waals surface area (Å²) in [5.41, 5.74) is 8.12. The zero-order chi connectivity index (χ0) is 8.97. The van der Waals surface area contributed by atoms with Gasteiger partial charge in [0.15, 0.2) is 0 Å². The zero-order valence-corrected chi connectivity index (χ0v) is 7.38. The number of hydrogen-bond donors (Lipinski definition) is 2. The Labute approximate surface area is 72.4 Å². The van der Waals surface area contributed by atoms with Crippen molar-refractivity contribution >= 4 is 5.91 Å². The average Bonchev–Trinajstić information content (AvgIpc) is 2.47. The van der Waals surface area contributed by atoms with Gasteiger partial charge in [0.2, 0.25) is 5.91 Å². The van der Waals surface area contributed by atoms with Crippen LogP contribution in [0.4, 0.5) is 0 Å². The number of amides is 1. The predicted molar refractivity (Wildman–Crippen MR) is 45.1 cm³/mol. The molecular weight excluding hydrogens is 156 g/mol. The van der Waals surface area contributed by atoms with E-state index in [1.807, 2.05) is 6.92 Å². The van der Waals surface area contributed by atoms with E-state index in [4.69, 9.17) is 10.6 Å². The molecule has 0 aliphatic heterocycles. The van der Waals surface area contributed by atoms with Crippen LogP contribution in [0.5, 0.6) is 0 Å². The maximum atomic E-state index is 11.3. The maximum absolute atomic E-state index is 11.3. The molecule has 70 valence electrons. The van der Waals surface area contributed by atoms with Gasteiger partial charge in [-0.25, -0.2) is 5.48 Å². The van der Waals surface area contributed by atoms with E-state index in [1.165, 1.54) is 0 Å². The lowest BCUT2D eigenvalue weighted by Gasteiger charge is -2.13. The van der Waals surface area contributed by atoms with Crippen LogP contribution in [0.25, 0.3) is 0 Å². The first-order valence-electron chi connectivity index (χ1n) is 4.43. The maximum Gasteiger partial charge on any atom is 0.248 e. The largest absolute Gasteiger partial charge is 0.327 e. The van der Waals surface area contributed by atoms with Crippen molar-refractivity contribution in [2.24, 2.45) is 11.7 Å². The molecule has 0 bridgehead atoms. The first kappa shape index (κ1) is 9.48. The number of nitrogens with one attached hydrogen (secondary N) is 1. The van der Waals surface area contributed by atoms with E-state index in [2.05, 4.69) is 5.48 Å². The Morgan fingerprint density at radius 3 is 2.92 bits per heavy atom. The number of nitrogens with two attached hydrogens (primary N) is 1. The topological polar surface area (TPSA) is 64.3 Å². The Bertz CT molecular complexity index is 161. The van der Waals surface area contributed by atoms with Crippen LogP contribution in [0.1, 0.15) is 26.2 Å². The van der Waals surface area contributed by atoms with Crippen molar-refractivity contribution in [1.29, 1.82) is 0 Å². The number of rotatable bonds is 3. The lowest BCUT2D eigenvalue weighted by molar-refractivity contribution is -0.137. The van der Waals surface area contributed by atoms with Crippen LogP contribution in [0.15, 0.2) is 0 Å². The highest BCUT2D eigenvalue weighted by Gasteiger charge is 2.30. The minimum Gasteiger partial charge on any atom is -0.327 e. The van der Waals surface area contributed by atoms with Crippen LogP contribution in [0.2, 0.25) is 0 Å². The summed E-state index contributed by atoms with van der Waals surface area (Å²) in [6, 6.07) is 0.0189. The van der Waals surface area contributed by atoms with Crippen molar-refractivity contribution in [1.82, 2.24) is 5.48 Å². The third-order valence-corrected chi connectivity index (χ3v) is 2.22. The summed E-state index contributed by atoms with van der Waals surface area (Å²) in [6.45, 7) is 2.32. The van der Waals surface area contributed by atoms with Gasteiger partial charge in [-0.3, -0.25) is 9.63 Å². The summed E-state index contributed by atoms with van der Waals surface area (Å²) in [5, 5.41) is 0. The molecule has 1 aliphatic carbocycles. The van der Waals surface area contributed by atoms with Gasteiger partial charge in [-0.05, 0) is 19.8 Å². The van der Waals surface area contributed by atoms with Crippen molar-refractivity contribution in [2.75, 3.05) is 6.61 Å². The predicted octanol–water partition coefficient (Wildman–Crippen LogP) is 0.181. The Balaban J connectivity index is 2.30. The smallest absolute Gasteiger partial charge is 0.248 e. The van der Waals surface area contributed by atoms with Crippen LogP contribution in [-0.2, 0) is 9.63 Å². The molecular formula is C8H16N2O2. The number of hydroxylamine groups is 1. The normalized spacial score (nSPS) is 28.8. The SMILES string of the molecule is CCONC(=O)C1CCCC1N. The zero-order valence-electron chi connectivity index (χ0n) is 7.38. The highest BCUT2D eigenvalue weighted by Crippen LogP contribution is 2.23. The van der Waals surface area contributed by atoms with Gasteiger partial charge in [-0.1, -0.05) is 6.42 Å². The van der Waals surface area contributed by atoms with Gasteiger partial charge in [0.05, 0.1) is 12.5 Å². The molecule has 0 aromatic heterocycles. The first-order chi connectivity index (χ1) is 5.75. The fourth-order valence-electron chi connectivity index (χ4n) is 1.53. The molecule has 4 heteroatoms. The standard InChI is InChI=1S/C8H16N2O2/c1-2-12-10-8(11)6-4-3-5-7(6)9/h6-7H,2-5,9H2,1H3,(H,10,11). The van der Waals surface area contributed by atoms with Gasteiger partial charge in [0.25, 0.3) is 0 Å². The van der Waals surface area contributed by atoms with Gasteiger partial charge >= 0.3 is 0 Å². The van der Waals surface area contributed by atoms with Gasteiger partial charge < -0.3 is 5.73 Å². The second-order valence-electron chi connectivity index (χ2n) is 3.10. The van der Waals surface area contributed by atoms with Crippen LogP contribution in [0, 0.1) is 5.92 Å². The van der Waals surface area contributed by atoms with Crippen molar-refractivity contribution in [3.8, 4) is 0 Å². The molecule has 0 heterocycles. The fraction of sp³-hybridized carbons (Fsp3) is 0.875. The lowest BCUT2D eigenvalue weighted by atomic mass is 10.0. The molecule has 1 fully saturated rings. The molecule has 1 saturated carbocycles. The van der Waals surface area contributed by atoms with Crippen LogP contribution >= 0.6 is 0 Å². The monoisotopic (exact) mass is 172 g/mol. The summed E-state index contributed by atoms with van der Waals surface area (Å²) in [6.07, 6.45) is 2.88. The molecule has 1 aliphatic rings. The van der Waals surface area contributed by atoms with Crippen LogP contribution in [0.3, 0.4) is 0 Å². The Kier molecular flexibility index (Phi) is 3.49. The summed E-state index contributed by atoms with van der Waals surface area (Å²) >= 11 is 0. The van der Waals surface area contributed by atoms with Crippen molar-refractivity contribution < 1.29 is 9.63 Å². The fourth-order valence-corrected chi connectivity index (χ4v) is 1.53. The minimum atomic E-state index is -0.0677. The van der Waals surface area contributed by atoms with E-state index in [0.29, 0.717) is 6.61 Å². The van der Waals surface area contributed by atoms with E-state index >= 15 is 0 Å². The summed E-state index contributed by atoms with van der Waals surface area (Å²) in [7, 11) is 0. The molecule has 2 unspecified atom stereocenters. The highest BCUT2D eigenvalue weighted by molar-refractivity contribution is 5.78. The third-order valence-electron chi connectivity index (χ3n) is 2.22. The van der Waals surface area contributed by atoms with Gasteiger partial charge in [0, 0.05) is 6.04 Å².